The van der Waals surface area contributed by atoms with Gasteiger partial charge in [0.15, 0.2) is 0 Å². The summed E-state index contributed by atoms with van der Waals surface area (Å²) in [7, 11) is 0. The van der Waals surface area contributed by atoms with Crippen molar-refractivity contribution < 1.29 is 4.79 Å². The number of hydrogen-bond acceptors (Lipinski definition) is 5. The van der Waals surface area contributed by atoms with Crippen LogP contribution in [-0.2, 0) is 4.79 Å². The van der Waals surface area contributed by atoms with Crippen LogP contribution >= 0.6 is 0 Å². The normalized spacial score (nSPS) is 23.4. The Hall–Kier alpha value is -1.85. The molecule has 0 aliphatic carbocycles. The number of nitrogens with two attached hydrogens (primary N) is 1. The Bertz CT molecular complexity index is 469. The molecule has 6 nitrogen and oxygen atoms in total. The lowest BCUT2D eigenvalue weighted by Gasteiger charge is -2.38. The van der Waals surface area contributed by atoms with Crippen molar-refractivity contribution in [2.45, 2.75) is 25.8 Å². The molecule has 2 saturated heterocycles. The van der Waals surface area contributed by atoms with Gasteiger partial charge in [0.25, 0.3) is 0 Å². The summed E-state index contributed by atoms with van der Waals surface area (Å²) < 4.78 is 0. The average Bonchev–Trinajstić information content (AvgIpc) is 2.69. The van der Waals surface area contributed by atoms with Gasteiger partial charge < -0.3 is 15.5 Å². The van der Waals surface area contributed by atoms with E-state index in [9.17, 15) is 4.79 Å². The maximum atomic E-state index is 11.6. The van der Waals surface area contributed by atoms with Crippen LogP contribution in [0.15, 0.2) is 6.07 Å². The molecule has 1 amide bonds. The number of rotatable bonds is 1. The summed E-state index contributed by atoms with van der Waals surface area (Å²) >= 11 is 0. The fourth-order valence-electron chi connectivity index (χ4n) is 2.81. The maximum absolute atomic E-state index is 11.6. The second kappa shape index (κ2) is 4.12. The van der Waals surface area contributed by atoms with Gasteiger partial charge in [-0.05, 0) is 13.3 Å². The van der Waals surface area contributed by atoms with E-state index in [4.69, 9.17) is 5.73 Å². The van der Waals surface area contributed by atoms with Crippen LogP contribution < -0.4 is 10.6 Å². The van der Waals surface area contributed by atoms with E-state index in [-0.39, 0.29) is 5.91 Å². The fraction of sp³-hybridized carbons (Fsp3) is 0.583. The fourth-order valence-corrected chi connectivity index (χ4v) is 2.81. The monoisotopic (exact) mass is 247 g/mol. The van der Waals surface area contributed by atoms with Crippen molar-refractivity contribution in [3.05, 3.63) is 11.9 Å². The molecule has 3 heterocycles. The standard InChI is InChI=1S/C12H17N5O/c1-8-14-10(13)6-11(15-8)16-4-5-17-9(7-16)2-3-12(17)18/h6,9H,2-5,7H2,1H3,(H2,13,14,15). The summed E-state index contributed by atoms with van der Waals surface area (Å²) in [6.45, 7) is 4.29. The van der Waals surface area contributed by atoms with Crippen LogP contribution in [0.2, 0.25) is 0 Å². The summed E-state index contributed by atoms with van der Waals surface area (Å²) in [6, 6.07) is 2.14. The number of anilines is 2. The first kappa shape index (κ1) is 11.3. The van der Waals surface area contributed by atoms with Crippen LogP contribution in [0.3, 0.4) is 0 Å². The van der Waals surface area contributed by atoms with Crippen molar-refractivity contribution in [2.75, 3.05) is 30.3 Å². The van der Waals surface area contributed by atoms with Crippen LogP contribution in [0.25, 0.3) is 0 Å². The Labute approximate surface area is 106 Å². The Kier molecular flexibility index (Phi) is 2.57. The van der Waals surface area contributed by atoms with E-state index >= 15 is 0 Å². The lowest BCUT2D eigenvalue weighted by Crippen LogP contribution is -2.51. The minimum Gasteiger partial charge on any atom is -0.384 e. The lowest BCUT2D eigenvalue weighted by molar-refractivity contribution is -0.129. The van der Waals surface area contributed by atoms with Crippen molar-refractivity contribution in [3.63, 3.8) is 0 Å². The maximum Gasteiger partial charge on any atom is 0.223 e. The number of nitrogens with zero attached hydrogens (tertiary/aromatic N) is 4. The molecule has 1 unspecified atom stereocenters. The third kappa shape index (κ3) is 1.87. The van der Waals surface area contributed by atoms with Gasteiger partial charge in [-0.25, -0.2) is 9.97 Å². The highest BCUT2D eigenvalue weighted by Gasteiger charge is 2.35. The molecule has 0 radical (unpaired) electrons. The molecular formula is C12H17N5O. The van der Waals surface area contributed by atoms with Gasteiger partial charge in [-0.2, -0.15) is 0 Å². The highest BCUT2D eigenvalue weighted by Crippen LogP contribution is 2.25. The number of aromatic nitrogens is 2. The van der Waals surface area contributed by atoms with Gasteiger partial charge in [-0.1, -0.05) is 0 Å². The smallest absolute Gasteiger partial charge is 0.223 e. The molecule has 96 valence electrons. The van der Waals surface area contributed by atoms with Gasteiger partial charge in [0.05, 0.1) is 0 Å². The molecule has 0 saturated carbocycles. The van der Waals surface area contributed by atoms with Gasteiger partial charge in [-0.3, -0.25) is 4.79 Å². The number of hydrogen-bond donors (Lipinski definition) is 1. The van der Waals surface area contributed by atoms with Crippen molar-refractivity contribution in [3.8, 4) is 0 Å². The van der Waals surface area contributed by atoms with Gasteiger partial charge >= 0.3 is 0 Å². The van der Waals surface area contributed by atoms with E-state index in [0.717, 1.165) is 31.9 Å². The predicted molar refractivity (Wildman–Crippen MR) is 68.1 cm³/mol. The summed E-state index contributed by atoms with van der Waals surface area (Å²) in [5.74, 6) is 2.36. The van der Waals surface area contributed by atoms with Crippen molar-refractivity contribution in [1.29, 1.82) is 0 Å². The Balaban J connectivity index is 1.80. The lowest BCUT2D eigenvalue weighted by atomic mass is 10.1. The second-order valence-electron chi connectivity index (χ2n) is 4.92. The minimum absolute atomic E-state index is 0.290. The van der Waals surface area contributed by atoms with E-state index in [1.165, 1.54) is 0 Å². The van der Waals surface area contributed by atoms with Crippen molar-refractivity contribution in [1.82, 2.24) is 14.9 Å². The van der Waals surface area contributed by atoms with Crippen LogP contribution in [0, 0.1) is 6.92 Å². The SMILES string of the molecule is Cc1nc(N)cc(N2CCN3C(=O)CCC3C2)n1. The molecule has 3 rings (SSSR count). The van der Waals surface area contributed by atoms with E-state index in [0.29, 0.717) is 24.1 Å². The largest absolute Gasteiger partial charge is 0.384 e. The highest BCUT2D eigenvalue weighted by atomic mass is 16.2. The molecule has 2 fully saturated rings. The number of amides is 1. The quantitative estimate of drug-likeness (QED) is 0.766. The number of nitrogen functional groups attached to an aromatic ring is 1. The molecule has 2 N–H and O–H groups in total. The van der Waals surface area contributed by atoms with E-state index in [1.807, 2.05) is 11.8 Å². The molecule has 0 bridgehead atoms. The molecule has 18 heavy (non-hydrogen) atoms. The van der Waals surface area contributed by atoms with Gasteiger partial charge in [-0.15, -0.1) is 0 Å². The second-order valence-corrected chi connectivity index (χ2v) is 4.92. The molecule has 1 aromatic heterocycles. The average molecular weight is 247 g/mol. The third-order valence-corrected chi connectivity index (χ3v) is 3.66. The van der Waals surface area contributed by atoms with Crippen molar-refractivity contribution >= 4 is 17.5 Å². The predicted octanol–water partition coefficient (Wildman–Crippen LogP) is 0.178. The molecular weight excluding hydrogens is 230 g/mol. The number of carbonyl (C=O) groups is 1. The zero-order chi connectivity index (χ0) is 12.7. The van der Waals surface area contributed by atoms with E-state index in [2.05, 4.69) is 14.9 Å². The Morgan fingerprint density at radius 1 is 1.39 bits per heavy atom. The molecule has 0 spiro atoms. The van der Waals surface area contributed by atoms with E-state index in [1.54, 1.807) is 6.07 Å². The molecule has 0 aromatic carbocycles. The van der Waals surface area contributed by atoms with Crippen molar-refractivity contribution in [2.24, 2.45) is 0 Å². The minimum atomic E-state index is 0.290. The molecule has 2 aliphatic heterocycles. The topological polar surface area (TPSA) is 75.3 Å². The van der Waals surface area contributed by atoms with Crippen LogP contribution in [0.5, 0.6) is 0 Å². The first-order valence-corrected chi connectivity index (χ1v) is 6.29. The van der Waals surface area contributed by atoms with Crippen LogP contribution in [-0.4, -0.2) is 46.5 Å². The molecule has 1 aromatic rings. The Morgan fingerprint density at radius 2 is 2.22 bits per heavy atom. The molecule has 6 heteroatoms. The summed E-state index contributed by atoms with van der Waals surface area (Å²) in [5, 5.41) is 0. The Morgan fingerprint density at radius 3 is 3.00 bits per heavy atom. The number of piperazine rings is 1. The first-order chi connectivity index (χ1) is 8.63. The number of aryl methyl sites for hydroxylation is 1. The van der Waals surface area contributed by atoms with Crippen LogP contribution in [0.1, 0.15) is 18.7 Å². The zero-order valence-electron chi connectivity index (χ0n) is 10.5. The zero-order valence-corrected chi connectivity index (χ0v) is 10.5. The summed E-state index contributed by atoms with van der Waals surface area (Å²) in [5.41, 5.74) is 5.75. The van der Waals surface area contributed by atoms with Gasteiger partial charge in [0, 0.05) is 38.2 Å². The van der Waals surface area contributed by atoms with Crippen LogP contribution in [0.4, 0.5) is 11.6 Å². The third-order valence-electron chi connectivity index (χ3n) is 3.66. The van der Waals surface area contributed by atoms with Gasteiger partial charge in [0.2, 0.25) is 5.91 Å². The number of fused-ring (bicyclic) bond motifs is 1. The van der Waals surface area contributed by atoms with Gasteiger partial charge in [0.1, 0.15) is 17.5 Å². The first-order valence-electron chi connectivity index (χ1n) is 6.29. The molecule has 2 aliphatic rings. The van der Waals surface area contributed by atoms with E-state index < -0.39 is 0 Å². The number of carbonyl (C=O) groups excluding carboxylic acids is 1. The summed E-state index contributed by atoms with van der Waals surface area (Å²) in [6.07, 6.45) is 1.64. The summed E-state index contributed by atoms with van der Waals surface area (Å²) in [4.78, 5) is 24.3. The molecule has 1 atom stereocenters. The highest BCUT2D eigenvalue weighted by molar-refractivity contribution is 5.79.